The summed E-state index contributed by atoms with van der Waals surface area (Å²) in [6.07, 6.45) is 3.94. The fraction of sp³-hybridized carbons (Fsp3) is 0.545. The molecular weight excluding hydrogens is 477 g/mol. The molecule has 0 saturated carbocycles. The van der Waals surface area contributed by atoms with Gasteiger partial charge >= 0.3 is 0 Å². The lowest BCUT2D eigenvalue weighted by Crippen LogP contribution is -2.48. The van der Waals surface area contributed by atoms with Gasteiger partial charge in [-0.15, -0.1) is 24.0 Å². The third kappa shape index (κ3) is 6.18. The first kappa shape index (κ1) is 23.7. The number of hydrogen-bond donors (Lipinski definition) is 1. The maximum atomic E-state index is 5.99. The number of benzene rings is 1. The van der Waals surface area contributed by atoms with Crippen molar-refractivity contribution >= 4 is 29.9 Å². The minimum Gasteiger partial charge on any atom is -0.370 e. The number of aromatic nitrogens is 2. The molecule has 2 aromatic rings. The molecule has 1 atom stereocenters. The van der Waals surface area contributed by atoms with Crippen molar-refractivity contribution in [3.05, 3.63) is 53.3 Å². The predicted molar refractivity (Wildman–Crippen MR) is 129 cm³/mol. The van der Waals surface area contributed by atoms with E-state index in [1.54, 1.807) is 0 Å². The van der Waals surface area contributed by atoms with Crippen LogP contribution in [0.1, 0.15) is 43.6 Å². The zero-order valence-corrected chi connectivity index (χ0v) is 20.5. The second kappa shape index (κ2) is 10.4. The summed E-state index contributed by atoms with van der Waals surface area (Å²) in [6.45, 7) is 12.6. The van der Waals surface area contributed by atoms with Gasteiger partial charge in [0, 0.05) is 37.3 Å². The predicted octanol–water partition coefficient (Wildman–Crippen LogP) is 3.66. The third-order valence-corrected chi connectivity index (χ3v) is 5.22. The monoisotopic (exact) mass is 511 g/mol. The van der Waals surface area contributed by atoms with Gasteiger partial charge in [-0.05, 0) is 19.4 Å². The van der Waals surface area contributed by atoms with Crippen LogP contribution in [0.25, 0.3) is 0 Å². The van der Waals surface area contributed by atoms with Crippen molar-refractivity contribution in [2.24, 2.45) is 12.0 Å². The first-order chi connectivity index (χ1) is 13.4. The Hall–Kier alpha value is -1.61. The molecule has 1 fully saturated rings. The summed E-state index contributed by atoms with van der Waals surface area (Å²) in [4.78, 5) is 7.31. The van der Waals surface area contributed by atoms with Crippen molar-refractivity contribution in [1.29, 1.82) is 0 Å². The number of nitrogens with one attached hydrogen (secondary N) is 1. The SMILES string of the molecule is CCNC(=NCC(C)(C)c1cccc(C)c1)N1CCOC(c2cnn(C)c2)C1.I. The highest BCUT2D eigenvalue weighted by Gasteiger charge is 2.26. The van der Waals surface area contributed by atoms with Gasteiger partial charge in [-0.2, -0.15) is 5.10 Å². The molecule has 1 aromatic carbocycles. The van der Waals surface area contributed by atoms with Gasteiger partial charge in [-0.25, -0.2) is 0 Å². The molecular formula is C22H34IN5O. The van der Waals surface area contributed by atoms with Crippen LogP contribution in [0.5, 0.6) is 0 Å². The van der Waals surface area contributed by atoms with Gasteiger partial charge < -0.3 is 15.0 Å². The number of halogens is 1. The molecule has 0 bridgehead atoms. The van der Waals surface area contributed by atoms with E-state index < -0.39 is 0 Å². The number of ether oxygens (including phenoxy) is 1. The molecule has 29 heavy (non-hydrogen) atoms. The quantitative estimate of drug-likeness (QED) is 0.378. The molecule has 0 spiro atoms. The third-order valence-electron chi connectivity index (χ3n) is 5.22. The summed E-state index contributed by atoms with van der Waals surface area (Å²) < 4.78 is 7.81. The first-order valence-corrected chi connectivity index (χ1v) is 10.1. The topological polar surface area (TPSA) is 54.7 Å². The number of aryl methyl sites for hydroxylation is 2. The van der Waals surface area contributed by atoms with E-state index in [0.717, 1.165) is 37.7 Å². The van der Waals surface area contributed by atoms with E-state index >= 15 is 0 Å². The zero-order chi connectivity index (χ0) is 20.1. The van der Waals surface area contributed by atoms with Gasteiger partial charge in [0.05, 0.1) is 25.9 Å². The highest BCUT2D eigenvalue weighted by molar-refractivity contribution is 14.0. The highest BCUT2D eigenvalue weighted by atomic mass is 127. The van der Waals surface area contributed by atoms with Gasteiger partial charge in [0.1, 0.15) is 6.10 Å². The van der Waals surface area contributed by atoms with E-state index in [1.807, 2.05) is 24.1 Å². The van der Waals surface area contributed by atoms with Crippen LogP contribution in [0.3, 0.4) is 0 Å². The molecule has 3 rings (SSSR count). The minimum absolute atomic E-state index is 0. The van der Waals surface area contributed by atoms with E-state index in [9.17, 15) is 0 Å². The van der Waals surface area contributed by atoms with Crippen LogP contribution in [-0.4, -0.2) is 53.4 Å². The van der Waals surface area contributed by atoms with Crippen molar-refractivity contribution in [1.82, 2.24) is 20.0 Å². The number of nitrogens with zero attached hydrogens (tertiary/aromatic N) is 4. The molecule has 0 aliphatic carbocycles. The van der Waals surface area contributed by atoms with Crippen molar-refractivity contribution in [2.45, 2.75) is 39.2 Å². The number of rotatable bonds is 5. The Kier molecular flexibility index (Phi) is 8.51. The van der Waals surface area contributed by atoms with Crippen LogP contribution in [0.2, 0.25) is 0 Å². The fourth-order valence-electron chi connectivity index (χ4n) is 3.51. The molecule has 2 heterocycles. The second-order valence-electron chi connectivity index (χ2n) is 8.18. The van der Waals surface area contributed by atoms with Crippen LogP contribution in [0.4, 0.5) is 0 Å². The van der Waals surface area contributed by atoms with E-state index in [2.05, 4.69) is 67.3 Å². The summed E-state index contributed by atoms with van der Waals surface area (Å²) >= 11 is 0. The summed E-state index contributed by atoms with van der Waals surface area (Å²) in [5.74, 6) is 0.959. The first-order valence-electron chi connectivity index (χ1n) is 10.1. The molecule has 6 nitrogen and oxygen atoms in total. The molecule has 7 heteroatoms. The van der Waals surface area contributed by atoms with Gasteiger partial charge in [-0.1, -0.05) is 43.7 Å². The number of hydrogen-bond acceptors (Lipinski definition) is 3. The standard InChI is InChI=1S/C22H33N5O.HI/c1-6-23-21(24-16-22(3,4)19-9-7-8-17(2)12-19)27-10-11-28-20(15-27)18-13-25-26(5)14-18;/h7-9,12-14,20H,6,10-11,15-16H2,1-5H3,(H,23,24);1H. The molecule has 0 amide bonds. The van der Waals surface area contributed by atoms with Crippen molar-refractivity contribution in [2.75, 3.05) is 32.8 Å². The number of guanidine groups is 1. The largest absolute Gasteiger partial charge is 0.370 e. The number of morpholine rings is 1. The molecule has 1 saturated heterocycles. The average molecular weight is 511 g/mol. The summed E-state index contributed by atoms with van der Waals surface area (Å²) in [6, 6.07) is 8.72. The van der Waals surface area contributed by atoms with Crippen molar-refractivity contribution < 1.29 is 4.74 Å². The smallest absolute Gasteiger partial charge is 0.194 e. The van der Waals surface area contributed by atoms with Crippen LogP contribution in [-0.2, 0) is 17.2 Å². The van der Waals surface area contributed by atoms with E-state index in [1.165, 1.54) is 11.1 Å². The Morgan fingerprint density at radius 3 is 2.83 bits per heavy atom. The van der Waals surface area contributed by atoms with Crippen molar-refractivity contribution in [3.63, 3.8) is 0 Å². The Morgan fingerprint density at radius 2 is 2.17 bits per heavy atom. The lowest BCUT2D eigenvalue weighted by molar-refractivity contribution is -0.00806. The maximum Gasteiger partial charge on any atom is 0.194 e. The molecule has 1 aliphatic rings. The van der Waals surface area contributed by atoms with Crippen LogP contribution in [0, 0.1) is 6.92 Å². The Morgan fingerprint density at radius 1 is 1.38 bits per heavy atom. The second-order valence-corrected chi connectivity index (χ2v) is 8.18. The van der Waals surface area contributed by atoms with Crippen LogP contribution >= 0.6 is 24.0 Å². The molecule has 1 aliphatic heterocycles. The molecule has 0 radical (unpaired) electrons. The Labute approximate surface area is 191 Å². The van der Waals surface area contributed by atoms with Gasteiger partial charge in [0.25, 0.3) is 0 Å². The van der Waals surface area contributed by atoms with Crippen molar-refractivity contribution in [3.8, 4) is 0 Å². The molecule has 1 unspecified atom stereocenters. The molecule has 1 aromatic heterocycles. The summed E-state index contributed by atoms with van der Waals surface area (Å²) in [7, 11) is 1.93. The minimum atomic E-state index is -0.0261. The van der Waals surface area contributed by atoms with E-state index in [-0.39, 0.29) is 35.5 Å². The highest BCUT2D eigenvalue weighted by Crippen LogP contribution is 2.25. The van der Waals surface area contributed by atoms with Gasteiger partial charge in [0.2, 0.25) is 0 Å². The summed E-state index contributed by atoms with van der Waals surface area (Å²) in [5.41, 5.74) is 3.70. The van der Waals surface area contributed by atoms with Gasteiger partial charge in [0.15, 0.2) is 5.96 Å². The summed E-state index contributed by atoms with van der Waals surface area (Å²) in [5, 5.41) is 7.74. The zero-order valence-electron chi connectivity index (χ0n) is 18.2. The molecule has 1 N–H and O–H groups in total. The average Bonchev–Trinajstić information content (AvgIpc) is 3.12. The Balaban J connectivity index is 0.00000300. The lowest BCUT2D eigenvalue weighted by atomic mass is 9.84. The van der Waals surface area contributed by atoms with E-state index in [4.69, 9.17) is 9.73 Å². The maximum absolute atomic E-state index is 5.99. The van der Waals surface area contributed by atoms with Crippen LogP contribution in [0.15, 0.2) is 41.7 Å². The van der Waals surface area contributed by atoms with Crippen LogP contribution < -0.4 is 5.32 Å². The number of aliphatic imine (C=N–C) groups is 1. The molecule has 160 valence electrons. The normalized spacial score (nSPS) is 17.8. The fourth-order valence-corrected chi connectivity index (χ4v) is 3.51. The lowest BCUT2D eigenvalue weighted by Gasteiger charge is -2.35. The van der Waals surface area contributed by atoms with E-state index in [0.29, 0.717) is 6.61 Å². The van der Waals surface area contributed by atoms with Gasteiger partial charge in [-0.3, -0.25) is 9.67 Å². The Bertz CT molecular complexity index is 817.